The van der Waals surface area contributed by atoms with Crippen LogP contribution in [0, 0.1) is 13.8 Å². The van der Waals surface area contributed by atoms with E-state index in [-0.39, 0.29) is 12.3 Å². The van der Waals surface area contributed by atoms with Gasteiger partial charge in [-0.25, -0.2) is 4.98 Å². The highest BCUT2D eigenvalue weighted by molar-refractivity contribution is 7.14. The van der Waals surface area contributed by atoms with E-state index in [9.17, 15) is 4.79 Å². The number of ether oxygens (including phenoxy) is 1. The van der Waals surface area contributed by atoms with E-state index in [4.69, 9.17) is 4.74 Å². The molecule has 2 aromatic carbocycles. The molecule has 0 aliphatic carbocycles. The number of amides is 1. The summed E-state index contributed by atoms with van der Waals surface area (Å²) in [6.07, 6.45) is 0.253. The van der Waals surface area contributed by atoms with Crippen molar-refractivity contribution in [2.24, 2.45) is 0 Å². The molecular formula is C20H20N2O2S. The van der Waals surface area contributed by atoms with Gasteiger partial charge in [-0.2, -0.15) is 0 Å². The fourth-order valence-electron chi connectivity index (χ4n) is 2.55. The van der Waals surface area contributed by atoms with Crippen LogP contribution in [0.2, 0.25) is 0 Å². The number of benzene rings is 2. The van der Waals surface area contributed by atoms with Crippen molar-refractivity contribution in [3.8, 4) is 17.0 Å². The van der Waals surface area contributed by atoms with E-state index >= 15 is 0 Å². The quantitative estimate of drug-likeness (QED) is 0.729. The van der Waals surface area contributed by atoms with Crippen LogP contribution in [0.1, 0.15) is 16.7 Å². The summed E-state index contributed by atoms with van der Waals surface area (Å²) in [5.74, 6) is 0.609. The summed E-state index contributed by atoms with van der Waals surface area (Å²) >= 11 is 1.43. The molecular weight excluding hydrogens is 332 g/mol. The molecule has 1 heterocycles. The largest absolute Gasteiger partial charge is 0.496 e. The normalized spacial score (nSPS) is 10.5. The van der Waals surface area contributed by atoms with E-state index in [1.54, 1.807) is 7.11 Å². The van der Waals surface area contributed by atoms with Crippen LogP contribution in [0.15, 0.2) is 47.8 Å². The summed E-state index contributed by atoms with van der Waals surface area (Å²) in [6, 6.07) is 13.8. The topological polar surface area (TPSA) is 51.2 Å². The summed E-state index contributed by atoms with van der Waals surface area (Å²) in [6.45, 7) is 4.17. The van der Waals surface area contributed by atoms with Crippen molar-refractivity contribution in [2.75, 3.05) is 12.4 Å². The van der Waals surface area contributed by atoms with Crippen molar-refractivity contribution in [3.05, 3.63) is 64.5 Å². The minimum absolute atomic E-state index is 0.106. The molecule has 0 fully saturated rings. The molecule has 0 saturated carbocycles. The number of carbonyl (C=O) groups is 1. The van der Waals surface area contributed by atoms with E-state index in [2.05, 4.69) is 42.3 Å². The number of carbonyl (C=O) groups excluding carboxylic acids is 1. The van der Waals surface area contributed by atoms with E-state index in [1.807, 2.05) is 29.6 Å². The molecule has 0 aliphatic heterocycles. The predicted molar refractivity (Wildman–Crippen MR) is 102 cm³/mol. The lowest BCUT2D eigenvalue weighted by Crippen LogP contribution is -2.14. The average molecular weight is 352 g/mol. The molecule has 0 atom stereocenters. The van der Waals surface area contributed by atoms with Crippen LogP contribution in [0.4, 0.5) is 5.13 Å². The number of anilines is 1. The van der Waals surface area contributed by atoms with Crippen molar-refractivity contribution in [1.29, 1.82) is 0 Å². The van der Waals surface area contributed by atoms with Gasteiger partial charge in [0.2, 0.25) is 5.91 Å². The Bertz CT molecular complexity index is 902. The van der Waals surface area contributed by atoms with Crippen LogP contribution in [-0.4, -0.2) is 18.0 Å². The van der Waals surface area contributed by atoms with Crippen LogP contribution in [0.5, 0.6) is 5.75 Å². The number of aromatic nitrogens is 1. The molecule has 1 N–H and O–H groups in total. The number of methoxy groups -OCH3 is 1. The average Bonchev–Trinajstić information content (AvgIpc) is 3.06. The molecule has 0 radical (unpaired) electrons. The molecule has 0 spiro atoms. The monoisotopic (exact) mass is 352 g/mol. The van der Waals surface area contributed by atoms with Crippen molar-refractivity contribution < 1.29 is 9.53 Å². The molecule has 0 bridgehead atoms. The summed E-state index contributed by atoms with van der Waals surface area (Å²) in [5.41, 5.74) is 5.27. The summed E-state index contributed by atoms with van der Waals surface area (Å²) in [4.78, 5) is 16.8. The first-order chi connectivity index (χ1) is 12.1. The Hall–Kier alpha value is -2.66. The minimum Gasteiger partial charge on any atom is -0.496 e. The first-order valence-electron chi connectivity index (χ1n) is 8.01. The smallest absolute Gasteiger partial charge is 0.230 e. The maximum absolute atomic E-state index is 12.3. The zero-order valence-corrected chi connectivity index (χ0v) is 15.3. The molecule has 0 saturated heterocycles. The van der Waals surface area contributed by atoms with Gasteiger partial charge in [0.15, 0.2) is 5.13 Å². The SMILES string of the molecule is COc1ccccc1CC(=O)Nc1nc(-c2ccc(C)c(C)c2)cs1. The second-order valence-electron chi connectivity index (χ2n) is 5.87. The third kappa shape index (κ3) is 4.06. The number of nitrogens with one attached hydrogen (secondary N) is 1. The van der Waals surface area contributed by atoms with Crippen molar-refractivity contribution >= 4 is 22.4 Å². The Morgan fingerprint density at radius 1 is 1.16 bits per heavy atom. The Morgan fingerprint density at radius 3 is 2.72 bits per heavy atom. The van der Waals surface area contributed by atoms with Crippen molar-refractivity contribution in [2.45, 2.75) is 20.3 Å². The molecule has 5 heteroatoms. The van der Waals surface area contributed by atoms with Crippen LogP contribution in [0.25, 0.3) is 11.3 Å². The summed E-state index contributed by atoms with van der Waals surface area (Å²) < 4.78 is 5.29. The van der Waals surface area contributed by atoms with Crippen LogP contribution in [-0.2, 0) is 11.2 Å². The lowest BCUT2D eigenvalue weighted by molar-refractivity contribution is -0.115. The third-order valence-electron chi connectivity index (χ3n) is 4.10. The molecule has 1 aromatic heterocycles. The number of para-hydroxylation sites is 1. The van der Waals surface area contributed by atoms with E-state index in [0.717, 1.165) is 16.8 Å². The van der Waals surface area contributed by atoms with Gasteiger partial charge in [0.05, 0.1) is 19.2 Å². The van der Waals surface area contributed by atoms with Gasteiger partial charge in [0.1, 0.15) is 5.75 Å². The standard InChI is InChI=1S/C20H20N2O2S/c1-13-8-9-15(10-14(13)2)17-12-25-20(21-17)22-19(23)11-16-6-4-5-7-18(16)24-3/h4-10,12H,11H2,1-3H3,(H,21,22,23). The molecule has 1 amide bonds. The molecule has 3 aromatic rings. The lowest BCUT2D eigenvalue weighted by atomic mass is 10.1. The van der Waals surface area contributed by atoms with Gasteiger partial charge >= 0.3 is 0 Å². The Morgan fingerprint density at radius 2 is 1.96 bits per heavy atom. The maximum Gasteiger partial charge on any atom is 0.230 e. The van der Waals surface area contributed by atoms with Gasteiger partial charge in [-0.15, -0.1) is 11.3 Å². The highest BCUT2D eigenvalue weighted by Gasteiger charge is 2.11. The van der Waals surface area contributed by atoms with Gasteiger partial charge in [-0.1, -0.05) is 30.3 Å². The fraction of sp³-hybridized carbons (Fsp3) is 0.200. The predicted octanol–water partition coefficient (Wildman–Crippen LogP) is 4.62. The van der Waals surface area contributed by atoms with Gasteiger partial charge in [-0.3, -0.25) is 4.79 Å². The number of rotatable bonds is 5. The third-order valence-corrected chi connectivity index (χ3v) is 4.85. The van der Waals surface area contributed by atoms with Crippen LogP contribution in [0.3, 0.4) is 0 Å². The van der Waals surface area contributed by atoms with Crippen LogP contribution < -0.4 is 10.1 Å². The molecule has 128 valence electrons. The molecule has 25 heavy (non-hydrogen) atoms. The van der Waals surface area contributed by atoms with Gasteiger partial charge in [-0.05, 0) is 37.1 Å². The van der Waals surface area contributed by atoms with Crippen molar-refractivity contribution in [3.63, 3.8) is 0 Å². The molecule has 3 rings (SSSR count). The van der Waals surface area contributed by atoms with Gasteiger partial charge in [0, 0.05) is 16.5 Å². The number of nitrogens with zero attached hydrogens (tertiary/aromatic N) is 1. The van der Waals surface area contributed by atoms with Crippen molar-refractivity contribution in [1.82, 2.24) is 4.98 Å². The second kappa shape index (κ2) is 7.49. The lowest BCUT2D eigenvalue weighted by Gasteiger charge is -2.07. The van der Waals surface area contributed by atoms with Gasteiger partial charge in [0.25, 0.3) is 0 Å². The minimum atomic E-state index is -0.106. The zero-order valence-electron chi connectivity index (χ0n) is 14.5. The zero-order chi connectivity index (χ0) is 17.8. The molecule has 4 nitrogen and oxygen atoms in total. The number of hydrogen-bond acceptors (Lipinski definition) is 4. The maximum atomic E-state index is 12.3. The molecule has 0 aliphatic rings. The Balaban J connectivity index is 1.70. The highest BCUT2D eigenvalue weighted by atomic mass is 32.1. The van der Waals surface area contributed by atoms with E-state index in [0.29, 0.717) is 10.9 Å². The Labute approximate surface area is 151 Å². The van der Waals surface area contributed by atoms with Gasteiger partial charge < -0.3 is 10.1 Å². The van der Waals surface area contributed by atoms with E-state index < -0.39 is 0 Å². The second-order valence-corrected chi connectivity index (χ2v) is 6.73. The molecule has 0 unspecified atom stereocenters. The first-order valence-corrected chi connectivity index (χ1v) is 8.89. The number of hydrogen-bond donors (Lipinski definition) is 1. The number of aryl methyl sites for hydroxylation is 2. The van der Waals surface area contributed by atoms with Crippen LogP contribution >= 0.6 is 11.3 Å². The van der Waals surface area contributed by atoms with E-state index in [1.165, 1.54) is 22.5 Å². The summed E-state index contributed by atoms with van der Waals surface area (Å²) in [5, 5.41) is 5.44. The highest BCUT2D eigenvalue weighted by Crippen LogP contribution is 2.27. The number of thiazole rings is 1. The Kier molecular flexibility index (Phi) is 5.14. The summed E-state index contributed by atoms with van der Waals surface area (Å²) in [7, 11) is 1.60. The first kappa shape index (κ1) is 17.2. The fourth-order valence-corrected chi connectivity index (χ4v) is 3.29.